The Morgan fingerprint density at radius 2 is 1.95 bits per heavy atom. The van der Waals surface area contributed by atoms with Gasteiger partial charge in [-0.15, -0.1) is 0 Å². The Bertz CT molecular complexity index is 778. The molecule has 4 nitrogen and oxygen atoms in total. The van der Waals surface area contributed by atoms with Crippen molar-refractivity contribution in [3.8, 4) is 11.4 Å². The average molecular weight is 270 g/mol. The molecule has 1 heterocycles. The van der Waals surface area contributed by atoms with Crippen molar-refractivity contribution in [2.24, 2.45) is 0 Å². The highest BCUT2D eigenvalue weighted by molar-refractivity contribution is 5.94. The van der Waals surface area contributed by atoms with Gasteiger partial charge in [-0.1, -0.05) is 0 Å². The number of aromatic nitrogens is 2. The number of benzene rings is 2. The number of ether oxygens (including phenoxy) is 1. The molecule has 20 heavy (non-hydrogen) atoms. The Kier molecular flexibility index (Phi) is 2.95. The van der Waals surface area contributed by atoms with Crippen LogP contribution in [0.4, 0.5) is 4.39 Å². The van der Waals surface area contributed by atoms with Gasteiger partial charge in [0, 0.05) is 5.56 Å². The Morgan fingerprint density at radius 1 is 1.20 bits per heavy atom. The standard InChI is InChI=1S/C15H11FN2O2/c1-20-15(19)10-4-7-12-13(8-10)18-14(17-12)9-2-5-11(16)6-3-9/h2-8H,1H3,(H,17,18). The molecule has 5 heteroatoms. The van der Waals surface area contributed by atoms with Gasteiger partial charge in [0.1, 0.15) is 11.6 Å². The molecule has 0 atom stereocenters. The van der Waals surface area contributed by atoms with Gasteiger partial charge >= 0.3 is 5.97 Å². The lowest BCUT2D eigenvalue weighted by Gasteiger charge is -1.97. The second-order valence-electron chi connectivity index (χ2n) is 4.32. The number of esters is 1. The number of imidazole rings is 1. The zero-order valence-corrected chi connectivity index (χ0v) is 10.7. The molecular weight excluding hydrogens is 259 g/mol. The molecule has 0 aliphatic heterocycles. The summed E-state index contributed by atoms with van der Waals surface area (Å²) in [6, 6.07) is 11.1. The number of nitrogens with zero attached hydrogens (tertiary/aromatic N) is 1. The molecule has 3 aromatic rings. The maximum Gasteiger partial charge on any atom is 0.337 e. The maximum atomic E-state index is 12.9. The first kappa shape index (κ1) is 12.3. The highest BCUT2D eigenvalue weighted by Crippen LogP contribution is 2.21. The molecule has 0 amide bonds. The number of rotatable bonds is 2. The summed E-state index contributed by atoms with van der Waals surface area (Å²) < 4.78 is 17.6. The van der Waals surface area contributed by atoms with Crippen molar-refractivity contribution in [3.63, 3.8) is 0 Å². The predicted molar refractivity (Wildman–Crippen MR) is 72.8 cm³/mol. The lowest BCUT2D eigenvalue weighted by molar-refractivity contribution is 0.0601. The van der Waals surface area contributed by atoms with Gasteiger partial charge in [-0.05, 0) is 42.5 Å². The van der Waals surface area contributed by atoms with E-state index in [9.17, 15) is 9.18 Å². The first-order valence-corrected chi connectivity index (χ1v) is 6.01. The second kappa shape index (κ2) is 4.77. The normalized spacial score (nSPS) is 10.7. The van der Waals surface area contributed by atoms with Gasteiger partial charge in [0.05, 0.1) is 23.7 Å². The molecule has 0 fully saturated rings. The Hall–Kier alpha value is -2.69. The zero-order valence-electron chi connectivity index (χ0n) is 10.7. The van der Waals surface area contributed by atoms with Crippen LogP contribution in [0.2, 0.25) is 0 Å². The van der Waals surface area contributed by atoms with Gasteiger partial charge in [0.25, 0.3) is 0 Å². The topological polar surface area (TPSA) is 55.0 Å². The zero-order chi connectivity index (χ0) is 14.1. The van der Waals surface area contributed by atoms with Crippen molar-refractivity contribution in [2.75, 3.05) is 7.11 Å². The fourth-order valence-corrected chi connectivity index (χ4v) is 2.00. The van der Waals surface area contributed by atoms with E-state index in [0.29, 0.717) is 11.4 Å². The van der Waals surface area contributed by atoms with Crippen LogP contribution in [0.5, 0.6) is 0 Å². The third-order valence-corrected chi connectivity index (χ3v) is 3.02. The molecule has 0 spiro atoms. The van der Waals surface area contributed by atoms with Crippen molar-refractivity contribution in [1.82, 2.24) is 9.97 Å². The molecule has 1 aromatic heterocycles. The van der Waals surface area contributed by atoms with Crippen LogP contribution in [0.15, 0.2) is 42.5 Å². The van der Waals surface area contributed by atoms with Crippen LogP contribution in [-0.4, -0.2) is 23.0 Å². The molecule has 0 aliphatic carbocycles. The van der Waals surface area contributed by atoms with Gasteiger partial charge in [0.2, 0.25) is 0 Å². The molecule has 1 N–H and O–H groups in total. The molecular formula is C15H11FN2O2. The summed E-state index contributed by atoms with van der Waals surface area (Å²) >= 11 is 0. The van der Waals surface area contributed by atoms with E-state index in [1.807, 2.05) is 0 Å². The minimum absolute atomic E-state index is 0.294. The quantitative estimate of drug-likeness (QED) is 0.728. The summed E-state index contributed by atoms with van der Waals surface area (Å²) in [7, 11) is 1.34. The number of H-pyrrole nitrogens is 1. The van der Waals surface area contributed by atoms with Crippen LogP contribution in [0.3, 0.4) is 0 Å². The molecule has 0 aliphatic rings. The van der Waals surface area contributed by atoms with Gasteiger partial charge in [-0.25, -0.2) is 14.2 Å². The van der Waals surface area contributed by atoms with Crippen molar-refractivity contribution in [2.45, 2.75) is 0 Å². The number of halogens is 1. The number of carbonyl (C=O) groups excluding carboxylic acids is 1. The molecule has 0 bridgehead atoms. The van der Waals surface area contributed by atoms with E-state index in [0.717, 1.165) is 16.6 Å². The molecule has 2 aromatic carbocycles. The van der Waals surface area contributed by atoms with E-state index < -0.39 is 5.97 Å². The van der Waals surface area contributed by atoms with Crippen LogP contribution >= 0.6 is 0 Å². The number of fused-ring (bicyclic) bond motifs is 1. The van der Waals surface area contributed by atoms with Crippen molar-refractivity contribution < 1.29 is 13.9 Å². The molecule has 0 radical (unpaired) electrons. The number of hydrogen-bond acceptors (Lipinski definition) is 3. The molecule has 0 unspecified atom stereocenters. The number of nitrogens with one attached hydrogen (secondary N) is 1. The van der Waals surface area contributed by atoms with Gasteiger partial charge in [-0.3, -0.25) is 0 Å². The average Bonchev–Trinajstić information content (AvgIpc) is 2.90. The van der Waals surface area contributed by atoms with Crippen LogP contribution in [0.25, 0.3) is 22.4 Å². The van der Waals surface area contributed by atoms with E-state index in [1.165, 1.54) is 19.2 Å². The van der Waals surface area contributed by atoms with E-state index in [4.69, 9.17) is 0 Å². The Labute approximate surface area is 114 Å². The number of aromatic amines is 1. The molecule has 3 rings (SSSR count). The monoisotopic (exact) mass is 270 g/mol. The first-order chi connectivity index (χ1) is 9.67. The van der Waals surface area contributed by atoms with E-state index in [2.05, 4.69) is 14.7 Å². The predicted octanol–water partition coefficient (Wildman–Crippen LogP) is 3.16. The SMILES string of the molecule is COC(=O)c1ccc2nc(-c3ccc(F)cc3)[nH]c2c1. The van der Waals surface area contributed by atoms with Gasteiger partial charge in [0.15, 0.2) is 0 Å². The summed E-state index contributed by atoms with van der Waals surface area (Å²) in [6.45, 7) is 0. The highest BCUT2D eigenvalue weighted by atomic mass is 19.1. The van der Waals surface area contributed by atoms with E-state index in [-0.39, 0.29) is 5.82 Å². The first-order valence-electron chi connectivity index (χ1n) is 6.01. The van der Waals surface area contributed by atoms with Crippen LogP contribution < -0.4 is 0 Å². The van der Waals surface area contributed by atoms with Crippen LogP contribution in [0.1, 0.15) is 10.4 Å². The number of carbonyl (C=O) groups is 1. The fraction of sp³-hybridized carbons (Fsp3) is 0.0667. The molecule has 0 saturated heterocycles. The summed E-state index contributed by atoms with van der Waals surface area (Å²) in [4.78, 5) is 19.0. The van der Waals surface area contributed by atoms with Crippen molar-refractivity contribution >= 4 is 17.0 Å². The second-order valence-corrected chi connectivity index (χ2v) is 4.32. The van der Waals surface area contributed by atoms with Crippen molar-refractivity contribution in [3.05, 3.63) is 53.8 Å². The third kappa shape index (κ3) is 2.14. The summed E-state index contributed by atoms with van der Waals surface area (Å²) in [6.07, 6.45) is 0. The Morgan fingerprint density at radius 3 is 2.65 bits per heavy atom. The smallest absolute Gasteiger partial charge is 0.337 e. The highest BCUT2D eigenvalue weighted by Gasteiger charge is 2.10. The largest absolute Gasteiger partial charge is 0.465 e. The van der Waals surface area contributed by atoms with Gasteiger partial charge < -0.3 is 9.72 Å². The van der Waals surface area contributed by atoms with Gasteiger partial charge in [-0.2, -0.15) is 0 Å². The lowest BCUT2D eigenvalue weighted by Crippen LogP contribution is -2.00. The minimum atomic E-state index is -0.398. The molecule has 100 valence electrons. The van der Waals surface area contributed by atoms with E-state index in [1.54, 1.807) is 30.3 Å². The molecule has 0 saturated carbocycles. The lowest BCUT2D eigenvalue weighted by atomic mass is 10.2. The summed E-state index contributed by atoms with van der Waals surface area (Å²) in [5, 5.41) is 0. The van der Waals surface area contributed by atoms with Crippen LogP contribution in [0, 0.1) is 5.82 Å². The van der Waals surface area contributed by atoms with Crippen molar-refractivity contribution in [1.29, 1.82) is 0 Å². The van der Waals surface area contributed by atoms with E-state index >= 15 is 0 Å². The maximum absolute atomic E-state index is 12.9. The van der Waals surface area contributed by atoms with Crippen LogP contribution in [-0.2, 0) is 4.74 Å². The summed E-state index contributed by atoms with van der Waals surface area (Å²) in [5.74, 6) is -0.0651. The minimum Gasteiger partial charge on any atom is -0.465 e. The Balaban J connectivity index is 2.06. The third-order valence-electron chi connectivity index (χ3n) is 3.02. The number of hydrogen-bond donors (Lipinski definition) is 1. The fourth-order valence-electron chi connectivity index (χ4n) is 2.00. The summed E-state index contributed by atoms with van der Waals surface area (Å²) in [5.41, 5.74) is 2.70. The number of methoxy groups -OCH3 is 1.